The van der Waals surface area contributed by atoms with Crippen molar-refractivity contribution in [1.82, 2.24) is 4.90 Å². The molecule has 1 aliphatic heterocycles. The van der Waals surface area contributed by atoms with Crippen molar-refractivity contribution in [3.8, 4) is 0 Å². The first-order chi connectivity index (χ1) is 8.22. The largest absolute Gasteiger partial charge is 0.340 e. The molecule has 1 heterocycles. The molecule has 17 heavy (non-hydrogen) atoms. The van der Waals surface area contributed by atoms with Crippen LogP contribution >= 0.6 is 0 Å². The van der Waals surface area contributed by atoms with Gasteiger partial charge in [-0.05, 0) is 12.8 Å². The number of amides is 1. The molecule has 0 aromatic heterocycles. The summed E-state index contributed by atoms with van der Waals surface area (Å²) in [6, 6.07) is 0.588. The summed E-state index contributed by atoms with van der Waals surface area (Å²) in [6.45, 7) is 7.87. The van der Waals surface area contributed by atoms with E-state index in [0.717, 1.165) is 25.9 Å². The van der Waals surface area contributed by atoms with Crippen LogP contribution in [0.3, 0.4) is 0 Å². The SMILES string of the molecule is CCCCCN(CC1N=NC1CC)C(=O)CC. The van der Waals surface area contributed by atoms with Crippen LogP contribution in [0.2, 0.25) is 0 Å². The molecule has 2 unspecified atom stereocenters. The molecule has 1 amide bonds. The number of nitrogens with zero attached hydrogens (tertiary/aromatic N) is 3. The van der Waals surface area contributed by atoms with Crippen molar-refractivity contribution in [2.24, 2.45) is 10.2 Å². The van der Waals surface area contributed by atoms with E-state index < -0.39 is 0 Å². The lowest BCUT2D eigenvalue weighted by atomic mass is 10.0. The fraction of sp³-hybridized carbons (Fsp3) is 0.923. The van der Waals surface area contributed by atoms with Gasteiger partial charge in [0.05, 0.1) is 6.04 Å². The second kappa shape index (κ2) is 7.41. The monoisotopic (exact) mass is 239 g/mol. The lowest BCUT2D eigenvalue weighted by Crippen LogP contribution is -2.44. The van der Waals surface area contributed by atoms with Gasteiger partial charge in [0.25, 0.3) is 0 Å². The zero-order valence-corrected chi connectivity index (χ0v) is 11.4. The van der Waals surface area contributed by atoms with E-state index in [4.69, 9.17) is 0 Å². The predicted octanol–water partition coefficient (Wildman–Crippen LogP) is 3.03. The highest BCUT2D eigenvalue weighted by Gasteiger charge is 2.29. The molecule has 2 atom stereocenters. The lowest BCUT2D eigenvalue weighted by molar-refractivity contribution is -0.131. The highest BCUT2D eigenvalue weighted by molar-refractivity contribution is 5.75. The average molecular weight is 239 g/mol. The van der Waals surface area contributed by atoms with Gasteiger partial charge in [-0.1, -0.05) is 33.6 Å². The van der Waals surface area contributed by atoms with Crippen molar-refractivity contribution in [1.29, 1.82) is 0 Å². The molecule has 0 N–H and O–H groups in total. The van der Waals surface area contributed by atoms with Crippen LogP contribution in [0.15, 0.2) is 10.2 Å². The summed E-state index contributed by atoms with van der Waals surface area (Å²) in [7, 11) is 0. The summed E-state index contributed by atoms with van der Waals surface area (Å²) in [5.41, 5.74) is 0. The Balaban J connectivity index is 2.40. The van der Waals surface area contributed by atoms with Gasteiger partial charge >= 0.3 is 0 Å². The van der Waals surface area contributed by atoms with Gasteiger partial charge in [-0.2, -0.15) is 10.2 Å². The second-order valence-corrected chi connectivity index (χ2v) is 4.67. The molecule has 0 radical (unpaired) electrons. The van der Waals surface area contributed by atoms with E-state index in [-0.39, 0.29) is 11.9 Å². The van der Waals surface area contributed by atoms with Crippen molar-refractivity contribution >= 4 is 5.91 Å². The maximum Gasteiger partial charge on any atom is 0.222 e. The maximum absolute atomic E-state index is 11.8. The molecule has 0 aromatic carbocycles. The first kappa shape index (κ1) is 14.1. The van der Waals surface area contributed by atoms with Gasteiger partial charge in [0.15, 0.2) is 0 Å². The summed E-state index contributed by atoms with van der Waals surface area (Å²) >= 11 is 0. The summed E-state index contributed by atoms with van der Waals surface area (Å²) in [4.78, 5) is 13.8. The Morgan fingerprint density at radius 2 is 1.82 bits per heavy atom. The van der Waals surface area contributed by atoms with Crippen LogP contribution < -0.4 is 0 Å². The van der Waals surface area contributed by atoms with Crippen molar-refractivity contribution in [3.05, 3.63) is 0 Å². The molecule has 0 saturated carbocycles. The van der Waals surface area contributed by atoms with Crippen LogP contribution in [0, 0.1) is 0 Å². The Kier molecular flexibility index (Phi) is 6.16. The molecule has 1 aliphatic rings. The molecule has 0 bridgehead atoms. The van der Waals surface area contributed by atoms with Gasteiger partial charge < -0.3 is 4.90 Å². The Labute approximate surface area is 104 Å². The van der Waals surface area contributed by atoms with Crippen LogP contribution in [-0.4, -0.2) is 36.0 Å². The number of rotatable bonds is 8. The van der Waals surface area contributed by atoms with E-state index in [2.05, 4.69) is 24.1 Å². The third-order valence-electron chi connectivity index (χ3n) is 3.32. The Morgan fingerprint density at radius 3 is 2.29 bits per heavy atom. The van der Waals surface area contributed by atoms with Crippen molar-refractivity contribution in [2.45, 2.75) is 65.0 Å². The van der Waals surface area contributed by atoms with Crippen LogP contribution in [0.25, 0.3) is 0 Å². The first-order valence-electron chi connectivity index (χ1n) is 6.90. The van der Waals surface area contributed by atoms with E-state index in [1.807, 2.05) is 11.8 Å². The minimum atomic E-state index is 0.247. The van der Waals surface area contributed by atoms with Gasteiger partial charge in [0.1, 0.15) is 6.04 Å². The smallest absolute Gasteiger partial charge is 0.222 e. The molecule has 0 fully saturated rings. The maximum atomic E-state index is 11.8. The van der Waals surface area contributed by atoms with Crippen molar-refractivity contribution in [2.75, 3.05) is 13.1 Å². The molecule has 0 saturated heterocycles. The van der Waals surface area contributed by atoms with E-state index in [1.54, 1.807) is 0 Å². The molecule has 98 valence electrons. The summed E-state index contributed by atoms with van der Waals surface area (Å²) in [5, 5.41) is 8.23. The minimum Gasteiger partial charge on any atom is -0.340 e. The predicted molar refractivity (Wildman–Crippen MR) is 69.1 cm³/mol. The molecule has 4 heteroatoms. The lowest BCUT2D eigenvalue weighted by Gasteiger charge is -2.31. The second-order valence-electron chi connectivity index (χ2n) is 4.67. The van der Waals surface area contributed by atoms with Crippen molar-refractivity contribution < 1.29 is 4.79 Å². The third kappa shape index (κ3) is 4.10. The highest BCUT2D eigenvalue weighted by atomic mass is 16.2. The van der Waals surface area contributed by atoms with Crippen LogP contribution in [0.5, 0.6) is 0 Å². The van der Waals surface area contributed by atoms with Crippen molar-refractivity contribution in [3.63, 3.8) is 0 Å². The number of unbranched alkanes of at least 4 members (excludes halogenated alkanes) is 2. The van der Waals surface area contributed by atoms with E-state index in [9.17, 15) is 4.79 Å². The number of azo groups is 1. The quantitative estimate of drug-likeness (QED) is 0.600. The fourth-order valence-corrected chi connectivity index (χ4v) is 2.09. The highest BCUT2D eigenvalue weighted by Crippen LogP contribution is 2.20. The summed E-state index contributed by atoms with van der Waals surface area (Å²) in [6.07, 6.45) is 5.10. The third-order valence-corrected chi connectivity index (χ3v) is 3.32. The Hall–Kier alpha value is -0.930. The van der Waals surface area contributed by atoms with Gasteiger partial charge in [0, 0.05) is 19.5 Å². The normalized spacial score (nSPS) is 22.3. The molecule has 0 aliphatic carbocycles. The van der Waals surface area contributed by atoms with Gasteiger partial charge in [-0.3, -0.25) is 4.79 Å². The number of hydrogen-bond donors (Lipinski definition) is 0. The van der Waals surface area contributed by atoms with E-state index in [0.29, 0.717) is 12.5 Å². The Morgan fingerprint density at radius 1 is 1.12 bits per heavy atom. The van der Waals surface area contributed by atoms with Gasteiger partial charge in [0.2, 0.25) is 5.91 Å². The zero-order valence-electron chi connectivity index (χ0n) is 11.4. The van der Waals surface area contributed by atoms with Crippen LogP contribution in [-0.2, 0) is 4.79 Å². The minimum absolute atomic E-state index is 0.247. The summed E-state index contributed by atoms with van der Waals surface area (Å²) < 4.78 is 0. The molecular weight excluding hydrogens is 214 g/mol. The van der Waals surface area contributed by atoms with Crippen LogP contribution in [0.1, 0.15) is 52.9 Å². The summed E-state index contributed by atoms with van der Waals surface area (Å²) in [5.74, 6) is 0.248. The standard InChI is InChI=1S/C13H25N3O/c1-4-7-8-9-16(13(17)6-3)10-12-11(5-2)14-15-12/h11-12H,4-10H2,1-3H3. The zero-order chi connectivity index (χ0) is 12.7. The molecule has 0 spiro atoms. The molecular formula is C13H25N3O. The van der Waals surface area contributed by atoms with Crippen LogP contribution in [0.4, 0.5) is 0 Å². The number of carbonyl (C=O) groups excluding carboxylic acids is 1. The molecule has 1 rings (SSSR count). The molecule has 4 nitrogen and oxygen atoms in total. The number of carbonyl (C=O) groups is 1. The van der Waals surface area contributed by atoms with Gasteiger partial charge in [-0.15, -0.1) is 0 Å². The molecule has 0 aromatic rings. The Bertz CT molecular complexity index is 265. The first-order valence-corrected chi connectivity index (χ1v) is 6.90. The fourth-order valence-electron chi connectivity index (χ4n) is 2.09. The van der Waals surface area contributed by atoms with E-state index >= 15 is 0 Å². The average Bonchev–Trinajstić information content (AvgIpc) is 2.31. The number of hydrogen-bond acceptors (Lipinski definition) is 3. The van der Waals surface area contributed by atoms with E-state index in [1.165, 1.54) is 12.8 Å². The topological polar surface area (TPSA) is 45.0 Å². The van der Waals surface area contributed by atoms with Gasteiger partial charge in [-0.25, -0.2) is 0 Å².